The van der Waals surface area contributed by atoms with Crippen LogP contribution in [0, 0.1) is 11.3 Å². The molecule has 0 aliphatic carbocycles. The highest BCUT2D eigenvalue weighted by Gasteiger charge is 2.03. The van der Waals surface area contributed by atoms with Gasteiger partial charge in [0.1, 0.15) is 24.1 Å². The fraction of sp³-hybridized carbons (Fsp3) is 0.143. The Morgan fingerprint density at radius 2 is 2.00 bits per heavy atom. The van der Waals surface area contributed by atoms with Crippen molar-refractivity contribution >= 4 is 0 Å². The Morgan fingerprint density at radius 3 is 2.67 bits per heavy atom. The molecule has 0 saturated carbocycles. The summed E-state index contributed by atoms with van der Waals surface area (Å²) in [5.41, 5.74) is 7.75. The zero-order chi connectivity index (χ0) is 12.8. The van der Waals surface area contributed by atoms with Crippen LogP contribution in [-0.2, 0) is 13.2 Å². The predicted molar refractivity (Wildman–Crippen MR) is 67.6 cm³/mol. The largest absolute Gasteiger partial charge is 0.489 e. The molecule has 4 heteroatoms. The van der Waals surface area contributed by atoms with Crippen LogP contribution in [0.1, 0.15) is 16.8 Å². The maximum atomic E-state index is 8.90. The molecule has 4 nitrogen and oxygen atoms in total. The molecule has 2 rings (SSSR count). The third kappa shape index (κ3) is 2.84. The third-order valence-corrected chi connectivity index (χ3v) is 2.55. The Morgan fingerprint density at radius 1 is 1.22 bits per heavy atom. The lowest BCUT2D eigenvalue weighted by Crippen LogP contribution is -2.00. The molecule has 0 saturated heterocycles. The van der Waals surface area contributed by atoms with Crippen LogP contribution in [0.4, 0.5) is 0 Å². The quantitative estimate of drug-likeness (QED) is 0.885. The molecule has 2 aromatic rings. The van der Waals surface area contributed by atoms with E-state index in [9.17, 15) is 0 Å². The van der Waals surface area contributed by atoms with E-state index in [1.165, 1.54) is 0 Å². The van der Waals surface area contributed by atoms with Crippen LogP contribution in [0.25, 0.3) is 0 Å². The van der Waals surface area contributed by atoms with Crippen molar-refractivity contribution in [2.45, 2.75) is 13.2 Å². The van der Waals surface area contributed by atoms with Crippen molar-refractivity contribution in [2.75, 3.05) is 0 Å². The number of nitriles is 1. The van der Waals surface area contributed by atoms with E-state index in [0.717, 1.165) is 16.9 Å². The first-order chi connectivity index (χ1) is 8.83. The van der Waals surface area contributed by atoms with E-state index in [0.29, 0.717) is 18.8 Å². The number of rotatable bonds is 4. The molecule has 2 N–H and O–H groups in total. The first-order valence-corrected chi connectivity index (χ1v) is 5.59. The molecule has 0 atom stereocenters. The van der Waals surface area contributed by atoms with E-state index in [4.69, 9.17) is 15.7 Å². The van der Waals surface area contributed by atoms with Crippen molar-refractivity contribution in [3.63, 3.8) is 0 Å². The first-order valence-electron chi connectivity index (χ1n) is 5.59. The Kier molecular flexibility index (Phi) is 3.90. The average Bonchev–Trinajstić information content (AvgIpc) is 2.46. The van der Waals surface area contributed by atoms with Crippen molar-refractivity contribution in [3.8, 4) is 11.8 Å². The van der Waals surface area contributed by atoms with Gasteiger partial charge in [0.2, 0.25) is 0 Å². The fourth-order valence-corrected chi connectivity index (χ4v) is 1.54. The summed E-state index contributed by atoms with van der Waals surface area (Å²) in [6, 6.07) is 13.2. The minimum absolute atomic E-state index is 0.332. The summed E-state index contributed by atoms with van der Waals surface area (Å²) in [6.07, 6.45) is 1.60. The lowest BCUT2D eigenvalue weighted by molar-refractivity contribution is 0.305. The molecular weight excluding hydrogens is 226 g/mol. The normalized spacial score (nSPS) is 9.78. The SMILES string of the molecule is N#Cc1ncccc1COc1ccc(CN)cc1. The van der Waals surface area contributed by atoms with E-state index >= 15 is 0 Å². The minimum Gasteiger partial charge on any atom is -0.489 e. The number of hydrogen-bond acceptors (Lipinski definition) is 4. The molecule has 1 aromatic heterocycles. The second-order valence-corrected chi connectivity index (χ2v) is 3.76. The molecule has 1 aromatic carbocycles. The van der Waals surface area contributed by atoms with Gasteiger partial charge in [-0.3, -0.25) is 0 Å². The van der Waals surface area contributed by atoms with Gasteiger partial charge in [0.05, 0.1) is 0 Å². The van der Waals surface area contributed by atoms with Crippen molar-refractivity contribution in [1.29, 1.82) is 5.26 Å². The number of ether oxygens (including phenoxy) is 1. The lowest BCUT2D eigenvalue weighted by atomic mass is 10.2. The minimum atomic E-state index is 0.332. The van der Waals surface area contributed by atoms with E-state index < -0.39 is 0 Å². The Bertz CT molecular complexity index is 558. The summed E-state index contributed by atoms with van der Waals surface area (Å²) >= 11 is 0. The Labute approximate surface area is 106 Å². The molecule has 0 unspecified atom stereocenters. The smallest absolute Gasteiger partial charge is 0.147 e. The van der Waals surface area contributed by atoms with Crippen LogP contribution >= 0.6 is 0 Å². The highest BCUT2D eigenvalue weighted by Crippen LogP contribution is 2.14. The standard InChI is InChI=1S/C14H13N3O/c15-8-11-3-5-13(6-4-11)18-10-12-2-1-7-17-14(12)9-16/h1-7H,8,10,15H2. The van der Waals surface area contributed by atoms with Crippen LogP contribution in [0.3, 0.4) is 0 Å². The van der Waals surface area contributed by atoms with Gasteiger partial charge in [0, 0.05) is 18.3 Å². The maximum absolute atomic E-state index is 8.90. The lowest BCUT2D eigenvalue weighted by Gasteiger charge is -2.07. The Hall–Kier alpha value is -2.38. The zero-order valence-corrected chi connectivity index (χ0v) is 9.84. The summed E-state index contributed by atoms with van der Waals surface area (Å²) in [5.74, 6) is 0.750. The molecule has 0 radical (unpaired) electrons. The molecule has 0 bridgehead atoms. The summed E-state index contributed by atoms with van der Waals surface area (Å²) in [5, 5.41) is 8.90. The van der Waals surface area contributed by atoms with Gasteiger partial charge in [0.25, 0.3) is 0 Å². The second kappa shape index (κ2) is 5.80. The van der Waals surface area contributed by atoms with Crippen molar-refractivity contribution in [3.05, 3.63) is 59.4 Å². The van der Waals surface area contributed by atoms with Gasteiger partial charge < -0.3 is 10.5 Å². The Balaban J connectivity index is 2.05. The maximum Gasteiger partial charge on any atom is 0.147 e. The summed E-state index contributed by atoms with van der Waals surface area (Å²) < 4.78 is 5.60. The number of nitrogens with zero attached hydrogens (tertiary/aromatic N) is 2. The number of nitrogens with two attached hydrogens (primary N) is 1. The molecular formula is C14H13N3O. The van der Waals surface area contributed by atoms with Crippen molar-refractivity contribution < 1.29 is 4.74 Å². The molecule has 0 fully saturated rings. The molecule has 90 valence electrons. The van der Waals surface area contributed by atoms with Crippen LogP contribution in [0.2, 0.25) is 0 Å². The molecule has 0 aliphatic heterocycles. The van der Waals surface area contributed by atoms with E-state index in [-0.39, 0.29) is 0 Å². The summed E-state index contributed by atoms with van der Waals surface area (Å²) in [7, 11) is 0. The topological polar surface area (TPSA) is 71.9 Å². The monoisotopic (exact) mass is 239 g/mol. The van der Waals surface area contributed by atoms with E-state index in [1.54, 1.807) is 12.3 Å². The van der Waals surface area contributed by atoms with E-state index in [1.807, 2.05) is 36.4 Å². The zero-order valence-electron chi connectivity index (χ0n) is 9.84. The van der Waals surface area contributed by atoms with Gasteiger partial charge in [-0.2, -0.15) is 5.26 Å². The van der Waals surface area contributed by atoms with E-state index in [2.05, 4.69) is 4.98 Å². The second-order valence-electron chi connectivity index (χ2n) is 3.76. The summed E-state index contributed by atoms with van der Waals surface area (Å²) in [6.45, 7) is 0.847. The van der Waals surface area contributed by atoms with Gasteiger partial charge >= 0.3 is 0 Å². The molecule has 0 amide bonds. The van der Waals surface area contributed by atoms with Gasteiger partial charge in [-0.15, -0.1) is 0 Å². The number of aromatic nitrogens is 1. The fourth-order valence-electron chi connectivity index (χ4n) is 1.54. The third-order valence-electron chi connectivity index (χ3n) is 2.55. The highest BCUT2D eigenvalue weighted by molar-refractivity contribution is 5.31. The van der Waals surface area contributed by atoms with Crippen LogP contribution in [-0.4, -0.2) is 4.98 Å². The molecule has 1 heterocycles. The molecule has 18 heavy (non-hydrogen) atoms. The molecule has 0 aliphatic rings. The number of hydrogen-bond donors (Lipinski definition) is 1. The first kappa shape index (κ1) is 12.1. The molecule has 0 spiro atoms. The number of benzene rings is 1. The van der Waals surface area contributed by atoms with Crippen molar-refractivity contribution in [1.82, 2.24) is 4.98 Å². The van der Waals surface area contributed by atoms with Crippen molar-refractivity contribution in [2.24, 2.45) is 5.73 Å². The van der Waals surface area contributed by atoms with Crippen LogP contribution in [0.5, 0.6) is 5.75 Å². The van der Waals surface area contributed by atoms with Gasteiger partial charge in [-0.05, 0) is 23.8 Å². The average molecular weight is 239 g/mol. The number of pyridine rings is 1. The highest BCUT2D eigenvalue weighted by atomic mass is 16.5. The predicted octanol–water partition coefficient (Wildman–Crippen LogP) is 1.99. The van der Waals surface area contributed by atoms with Gasteiger partial charge in [0.15, 0.2) is 0 Å². The van der Waals surface area contributed by atoms with Crippen LogP contribution < -0.4 is 10.5 Å². The van der Waals surface area contributed by atoms with Gasteiger partial charge in [-0.1, -0.05) is 18.2 Å². The van der Waals surface area contributed by atoms with Crippen LogP contribution in [0.15, 0.2) is 42.6 Å². The summed E-state index contributed by atoms with van der Waals surface area (Å²) in [4.78, 5) is 3.98. The van der Waals surface area contributed by atoms with Gasteiger partial charge in [-0.25, -0.2) is 4.98 Å².